The Kier molecular flexibility index (Phi) is 9.44. The maximum atomic E-state index is 3.71. The van der Waals surface area contributed by atoms with Gasteiger partial charge in [0.05, 0.1) is 6.17 Å². The third kappa shape index (κ3) is 5.32. The van der Waals surface area contributed by atoms with Gasteiger partial charge in [0.1, 0.15) is 0 Å². The molecule has 1 heterocycles. The van der Waals surface area contributed by atoms with Crippen molar-refractivity contribution in [2.24, 2.45) is 0 Å². The number of rotatable bonds is 10. The van der Waals surface area contributed by atoms with Crippen molar-refractivity contribution in [2.75, 3.05) is 32.7 Å². The Morgan fingerprint density at radius 2 is 1.75 bits per heavy atom. The Morgan fingerprint density at radius 3 is 2.35 bits per heavy atom. The Bertz CT molecular complexity index is 199. The molecule has 0 aromatic heterocycles. The van der Waals surface area contributed by atoms with Crippen molar-refractivity contribution >= 4 is 0 Å². The highest BCUT2D eigenvalue weighted by molar-refractivity contribution is 4.91. The Labute approximate surface area is 126 Å². The van der Waals surface area contributed by atoms with Crippen LogP contribution in [0.3, 0.4) is 0 Å². The molecule has 120 valence electrons. The Hall–Kier alpha value is -0.160. The lowest BCUT2D eigenvalue weighted by atomic mass is 9.98. The lowest BCUT2D eigenvalue weighted by molar-refractivity contribution is 0.0565. The summed E-state index contributed by atoms with van der Waals surface area (Å²) in [6.45, 7) is 14.5. The summed E-state index contributed by atoms with van der Waals surface area (Å²) in [6, 6.07) is 1.22. The molecule has 0 aromatic carbocycles. The van der Waals surface area contributed by atoms with Crippen molar-refractivity contribution in [3.05, 3.63) is 0 Å². The molecule has 20 heavy (non-hydrogen) atoms. The van der Waals surface area contributed by atoms with Gasteiger partial charge in [-0.15, -0.1) is 0 Å². The molecule has 0 radical (unpaired) electrons. The van der Waals surface area contributed by atoms with Crippen LogP contribution < -0.4 is 16.0 Å². The molecule has 0 spiro atoms. The molecule has 1 aliphatic rings. The van der Waals surface area contributed by atoms with E-state index in [9.17, 15) is 0 Å². The second-order valence-corrected chi connectivity index (χ2v) is 5.82. The molecule has 0 aromatic rings. The van der Waals surface area contributed by atoms with Gasteiger partial charge >= 0.3 is 0 Å². The highest BCUT2D eigenvalue weighted by Crippen LogP contribution is 2.17. The molecule has 1 saturated heterocycles. The summed E-state index contributed by atoms with van der Waals surface area (Å²) >= 11 is 0. The van der Waals surface area contributed by atoms with E-state index in [4.69, 9.17) is 0 Å². The second kappa shape index (κ2) is 10.6. The minimum absolute atomic E-state index is 0.537. The third-order valence-electron chi connectivity index (χ3n) is 4.26. The summed E-state index contributed by atoms with van der Waals surface area (Å²) in [7, 11) is 0. The molecule has 4 nitrogen and oxygen atoms in total. The number of likely N-dealkylation sites (N-methyl/N-ethyl adjacent to an activating group) is 1. The van der Waals surface area contributed by atoms with Crippen molar-refractivity contribution < 1.29 is 0 Å². The van der Waals surface area contributed by atoms with E-state index >= 15 is 0 Å². The standard InChI is InChI=1S/C16H36N4/c1-5-9-14(18-7-3)15-13-17-11-12-20(15)16(10-6-2)19-8-4/h14-19H,5-13H2,1-4H3. The smallest absolute Gasteiger partial charge is 0.0600 e. The van der Waals surface area contributed by atoms with Gasteiger partial charge in [0, 0.05) is 31.7 Å². The van der Waals surface area contributed by atoms with Gasteiger partial charge in [-0.1, -0.05) is 40.5 Å². The van der Waals surface area contributed by atoms with Crippen LogP contribution in [0.5, 0.6) is 0 Å². The lowest BCUT2D eigenvalue weighted by Gasteiger charge is -2.45. The van der Waals surface area contributed by atoms with Crippen LogP contribution in [0, 0.1) is 0 Å². The van der Waals surface area contributed by atoms with Gasteiger partial charge in [0.25, 0.3) is 0 Å². The van der Waals surface area contributed by atoms with Crippen LogP contribution in [0.2, 0.25) is 0 Å². The predicted octanol–water partition coefficient (Wildman–Crippen LogP) is 1.77. The highest BCUT2D eigenvalue weighted by Gasteiger charge is 2.32. The average Bonchev–Trinajstić information content (AvgIpc) is 2.47. The zero-order valence-corrected chi connectivity index (χ0v) is 14.0. The molecule has 3 unspecified atom stereocenters. The summed E-state index contributed by atoms with van der Waals surface area (Å²) in [5, 5.41) is 11.0. The SMILES string of the molecule is CCCC(NCC)C1CNCCN1C(CCC)NCC. The van der Waals surface area contributed by atoms with Gasteiger partial charge in [0.15, 0.2) is 0 Å². The first-order valence-electron chi connectivity index (χ1n) is 8.71. The fourth-order valence-electron chi connectivity index (χ4n) is 3.40. The number of hydrogen-bond acceptors (Lipinski definition) is 4. The van der Waals surface area contributed by atoms with Crippen molar-refractivity contribution in [2.45, 2.75) is 71.6 Å². The molecular weight excluding hydrogens is 248 g/mol. The molecule has 3 N–H and O–H groups in total. The molecule has 3 atom stereocenters. The number of piperazine rings is 1. The fourth-order valence-corrected chi connectivity index (χ4v) is 3.40. The van der Waals surface area contributed by atoms with E-state index in [1.807, 2.05) is 0 Å². The van der Waals surface area contributed by atoms with Crippen LogP contribution in [0.25, 0.3) is 0 Å². The largest absolute Gasteiger partial charge is 0.314 e. The normalized spacial score (nSPS) is 23.7. The minimum atomic E-state index is 0.537. The van der Waals surface area contributed by atoms with Gasteiger partial charge in [-0.3, -0.25) is 4.90 Å². The van der Waals surface area contributed by atoms with Gasteiger partial charge < -0.3 is 16.0 Å². The predicted molar refractivity (Wildman–Crippen MR) is 88.1 cm³/mol. The maximum absolute atomic E-state index is 3.71. The van der Waals surface area contributed by atoms with E-state index in [0.29, 0.717) is 18.2 Å². The van der Waals surface area contributed by atoms with Crippen LogP contribution in [-0.4, -0.2) is 55.9 Å². The highest BCUT2D eigenvalue weighted by atomic mass is 15.3. The number of hydrogen-bond donors (Lipinski definition) is 3. The molecule has 0 saturated carbocycles. The van der Waals surface area contributed by atoms with Crippen LogP contribution in [0.4, 0.5) is 0 Å². The third-order valence-corrected chi connectivity index (χ3v) is 4.26. The first kappa shape index (κ1) is 17.9. The average molecular weight is 284 g/mol. The van der Waals surface area contributed by atoms with E-state index in [-0.39, 0.29) is 0 Å². The molecule has 4 heteroatoms. The minimum Gasteiger partial charge on any atom is -0.314 e. The van der Waals surface area contributed by atoms with Crippen molar-refractivity contribution in [1.29, 1.82) is 0 Å². The molecule has 1 fully saturated rings. The summed E-state index contributed by atoms with van der Waals surface area (Å²) in [5.74, 6) is 0. The molecule has 1 aliphatic heterocycles. The number of nitrogens with zero attached hydrogens (tertiary/aromatic N) is 1. The molecule has 0 amide bonds. The van der Waals surface area contributed by atoms with E-state index in [1.54, 1.807) is 0 Å². The topological polar surface area (TPSA) is 39.3 Å². The Balaban J connectivity index is 2.75. The van der Waals surface area contributed by atoms with E-state index < -0.39 is 0 Å². The summed E-state index contributed by atoms with van der Waals surface area (Å²) in [5.41, 5.74) is 0. The lowest BCUT2D eigenvalue weighted by Crippen LogP contribution is -2.64. The second-order valence-electron chi connectivity index (χ2n) is 5.82. The van der Waals surface area contributed by atoms with Crippen LogP contribution in [0.1, 0.15) is 53.4 Å². The quantitative estimate of drug-likeness (QED) is 0.572. The van der Waals surface area contributed by atoms with Crippen molar-refractivity contribution in [3.8, 4) is 0 Å². The Morgan fingerprint density at radius 1 is 1.05 bits per heavy atom. The van der Waals surface area contributed by atoms with Crippen LogP contribution in [-0.2, 0) is 0 Å². The van der Waals surface area contributed by atoms with E-state index in [0.717, 1.165) is 32.7 Å². The first-order chi connectivity index (χ1) is 9.78. The van der Waals surface area contributed by atoms with E-state index in [1.165, 1.54) is 25.7 Å². The zero-order chi connectivity index (χ0) is 14.8. The van der Waals surface area contributed by atoms with Crippen LogP contribution >= 0.6 is 0 Å². The van der Waals surface area contributed by atoms with Gasteiger partial charge in [-0.05, 0) is 25.9 Å². The molecule has 0 aliphatic carbocycles. The summed E-state index contributed by atoms with van der Waals surface area (Å²) in [6.07, 6.45) is 5.54. The summed E-state index contributed by atoms with van der Waals surface area (Å²) in [4.78, 5) is 2.71. The van der Waals surface area contributed by atoms with Crippen molar-refractivity contribution in [3.63, 3.8) is 0 Å². The van der Waals surface area contributed by atoms with Gasteiger partial charge in [0.2, 0.25) is 0 Å². The van der Waals surface area contributed by atoms with Crippen LogP contribution in [0.15, 0.2) is 0 Å². The molecule has 0 bridgehead atoms. The zero-order valence-electron chi connectivity index (χ0n) is 14.0. The van der Waals surface area contributed by atoms with Gasteiger partial charge in [-0.2, -0.15) is 0 Å². The fraction of sp³-hybridized carbons (Fsp3) is 1.00. The molecular formula is C16H36N4. The van der Waals surface area contributed by atoms with E-state index in [2.05, 4.69) is 48.5 Å². The van der Waals surface area contributed by atoms with Gasteiger partial charge in [-0.25, -0.2) is 0 Å². The number of nitrogens with one attached hydrogen (secondary N) is 3. The molecule has 1 rings (SSSR count). The monoisotopic (exact) mass is 284 g/mol. The van der Waals surface area contributed by atoms with Crippen molar-refractivity contribution in [1.82, 2.24) is 20.9 Å². The summed E-state index contributed by atoms with van der Waals surface area (Å²) < 4.78 is 0. The first-order valence-corrected chi connectivity index (χ1v) is 8.71. The maximum Gasteiger partial charge on any atom is 0.0600 e.